The van der Waals surface area contributed by atoms with E-state index in [-0.39, 0.29) is 5.78 Å². The van der Waals surface area contributed by atoms with Gasteiger partial charge in [0.25, 0.3) is 0 Å². The maximum Gasteiger partial charge on any atom is 0.173 e. The molecule has 0 spiro atoms. The molecule has 0 aliphatic rings. The van der Waals surface area contributed by atoms with Crippen LogP contribution in [0.3, 0.4) is 0 Å². The molecule has 0 bridgehead atoms. The average molecular weight is 274 g/mol. The number of Topliss-reactive ketones (excluding diaryl/α,β-unsaturated/α-hetero) is 1. The normalized spacial score (nSPS) is 10.0. The van der Waals surface area contributed by atoms with Gasteiger partial charge in [0, 0.05) is 10.4 Å². The minimum absolute atomic E-state index is 0.0511. The van der Waals surface area contributed by atoms with Gasteiger partial charge in [0.2, 0.25) is 0 Å². The van der Waals surface area contributed by atoms with Gasteiger partial charge < -0.3 is 0 Å². The SMILES string of the molecule is Cc1snc(SCC(=O)c2ccccc2)c1C#N. The molecule has 0 aliphatic carbocycles. The van der Waals surface area contributed by atoms with Crippen LogP contribution < -0.4 is 0 Å². The summed E-state index contributed by atoms with van der Waals surface area (Å²) in [6.45, 7) is 1.86. The Morgan fingerprint density at radius 2 is 2.17 bits per heavy atom. The first-order valence-corrected chi connectivity index (χ1v) is 7.05. The summed E-state index contributed by atoms with van der Waals surface area (Å²) in [5, 5.41) is 9.65. The van der Waals surface area contributed by atoms with Gasteiger partial charge in [-0.05, 0) is 18.5 Å². The van der Waals surface area contributed by atoms with E-state index < -0.39 is 0 Å². The van der Waals surface area contributed by atoms with Crippen molar-refractivity contribution in [1.82, 2.24) is 4.37 Å². The first kappa shape index (κ1) is 12.8. The van der Waals surface area contributed by atoms with Crippen molar-refractivity contribution in [2.24, 2.45) is 0 Å². The van der Waals surface area contributed by atoms with E-state index in [0.29, 0.717) is 21.9 Å². The molecule has 90 valence electrons. The fourth-order valence-corrected chi connectivity index (χ4v) is 3.13. The van der Waals surface area contributed by atoms with Crippen LogP contribution in [0.4, 0.5) is 0 Å². The molecule has 0 amide bonds. The molecule has 2 aromatic rings. The van der Waals surface area contributed by atoms with Gasteiger partial charge >= 0.3 is 0 Å². The Bertz CT molecular complexity index is 599. The lowest BCUT2D eigenvalue weighted by Crippen LogP contribution is -2.02. The molecule has 0 radical (unpaired) electrons. The molecule has 1 aromatic heterocycles. The van der Waals surface area contributed by atoms with Crippen LogP contribution in [0, 0.1) is 18.3 Å². The highest BCUT2D eigenvalue weighted by Gasteiger charge is 2.13. The molecule has 1 aromatic carbocycles. The molecule has 0 saturated heterocycles. The molecular formula is C13H10N2OS2. The van der Waals surface area contributed by atoms with Gasteiger partial charge in [-0.25, -0.2) is 0 Å². The van der Waals surface area contributed by atoms with Crippen LogP contribution in [0.15, 0.2) is 35.4 Å². The van der Waals surface area contributed by atoms with E-state index in [2.05, 4.69) is 10.4 Å². The summed E-state index contributed by atoms with van der Waals surface area (Å²) < 4.78 is 4.18. The monoisotopic (exact) mass is 274 g/mol. The fourth-order valence-electron chi connectivity index (χ4n) is 1.42. The second kappa shape index (κ2) is 5.80. The zero-order chi connectivity index (χ0) is 13.0. The van der Waals surface area contributed by atoms with Crippen LogP contribution in [-0.2, 0) is 0 Å². The van der Waals surface area contributed by atoms with Crippen molar-refractivity contribution in [2.45, 2.75) is 11.9 Å². The number of benzene rings is 1. The summed E-state index contributed by atoms with van der Waals surface area (Å²) in [4.78, 5) is 12.8. The summed E-state index contributed by atoms with van der Waals surface area (Å²) in [6, 6.07) is 11.3. The average Bonchev–Trinajstić information content (AvgIpc) is 2.77. The Balaban J connectivity index is 2.05. The summed E-state index contributed by atoms with van der Waals surface area (Å²) in [5.41, 5.74) is 1.28. The van der Waals surface area contributed by atoms with Crippen LogP contribution in [0.1, 0.15) is 20.8 Å². The number of carbonyl (C=O) groups is 1. The smallest absolute Gasteiger partial charge is 0.173 e. The van der Waals surface area contributed by atoms with Crippen LogP contribution >= 0.6 is 23.3 Å². The van der Waals surface area contributed by atoms with Gasteiger partial charge in [-0.15, -0.1) is 0 Å². The predicted octanol–water partition coefficient (Wildman–Crippen LogP) is 3.30. The summed E-state index contributed by atoms with van der Waals surface area (Å²) in [7, 11) is 0. The summed E-state index contributed by atoms with van der Waals surface area (Å²) >= 11 is 2.62. The summed E-state index contributed by atoms with van der Waals surface area (Å²) in [5.74, 6) is 0.358. The van der Waals surface area contributed by atoms with Gasteiger partial charge in [-0.3, -0.25) is 4.79 Å². The highest BCUT2D eigenvalue weighted by molar-refractivity contribution is 8.00. The Kier molecular flexibility index (Phi) is 4.13. The third kappa shape index (κ3) is 2.78. The third-order valence-electron chi connectivity index (χ3n) is 2.38. The van der Waals surface area contributed by atoms with E-state index in [0.717, 1.165) is 4.88 Å². The quantitative estimate of drug-likeness (QED) is 0.634. The minimum Gasteiger partial charge on any atom is -0.293 e. The topological polar surface area (TPSA) is 53.8 Å². The zero-order valence-electron chi connectivity index (χ0n) is 9.71. The molecule has 0 unspecified atom stereocenters. The number of carbonyl (C=O) groups excluding carboxylic acids is 1. The van der Waals surface area contributed by atoms with Crippen molar-refractivity contribution in [1.29, 1.82) is 5.26 Å². The van der Waals surface area contributed by atoms with Gasteiger partial charge in [-0.2, -0.15) is 9.64 Å². The highest BCUT2D eigenvalue weighted by Crippen LogP contribution is 2.26. The molecule has 2 rings (SSSR count). The number of hydrogen-bond donors (Lipinski definition) is 0. The van der Waals surface area contributed by atoms with Crippen molar-refractivity contribution in [3.05, 3.63) is 46.3 Å². The van der Waals surface area contributed by atoms with Crippen molar-refractivity contribution < 1.29 is 4.79 Å². The predicted molar refractivity (Wildman–Crippen MR) is 73.1 cm³/mol. The number of nitrogens with zero attached hydrogens (tertiary/aromatic N) is 2. The van der Waals surface area contributed by atoms with Gasteiger partial charge in [0.05, 0.1) is 11.3 Å². The first-order chi connectivity index (χ1) is 8.72. The van der Waals surface area contributed by atoms with E-state index in [1.54, 1.807) is 12.1 Å². The molecule has 0 N–H and O–H groups in total. The molecule has 0 saturated carbocycles. The first-order valence-electron chi connectivity index (χ1n) is 5.30. The van der Waals surface area contributed by atoms with Crippen LogP contribution in [-0.4, -0.2) is 15.9 Å². The highest BCUT2D eigenvalue weighted by atomic mass is 32.2. The molecule has 5 heteroatoms. The molecule has 18 heavy (non-hydrogen) atoms. The lowest BCUT2D eigenvalue weighted by atomic mass is 10.2. The number of hydrogen-bond acceptors (Lipinski definition) is 5. The van der Waals surface area contributed by atoms with Gasteiger partial charge in [-0.1, -0.05) is 42.1 Å². The zero-order valence-corrected chi connectivity index (χ0v) is 11.3. The van der Waals surface area contributed by atoms with Crippen molar-refractivity contribution in [2.75, 3.05) is 5.75 Å². The fraction of sp³-hybridized carbons (Fsp3) is 0.154. The standard InChI is InChI=1S/C13H10N2OS2/c1-9-11(7-14)13(15-18-9)17-8-12(16)10-5-3-2-4-6-10/h2-6H,8H2,1H3. The van der Waals surface area contributed by atoms with E-state index >= 15 is 0 Å². The molecule has 0 aliphatic heterocycles. The van der Waals surface area contributed by atoms with Crippen LogP contribution in [0.5, 0.6) is 0 Å². The third-order valence-corrected chi connectivity index (χ3v) is 4.22. The molecular weight excluding hydrogens is 264 g/mol. The van der Waals surface area contributed by atoms with Crippen molar-refractivity contribution in [3.8, 4) is 6.07 Å². The molecule has 1 heterocycles. The Morgan fingerprint density at radius 1 is 1.44 bits per heavy atom. The second-order valence-electron chi connectivity index (χ2n) is 3.61. The molecule has 0 atom stereocenters. The number of rotatable bonds is 4. The molecule has 3 nitrogen and oxygen atoms in total. The number of thioether (sulfide) groups is 1. The number of ketones is 1. The summed E-state index contributed by atoms with van der Waals surface area (Å²) in [6.07, 6.45) is 0. The Hall–Kier alpha value is -1.64. The number of aryl methyl sites for hydroxylation is 1. The van der Waals surface area contributed by atoms with Crippen LogP contribution in [0.2, 0.25) is 0 Å². The largest absolute Gasteiger partial charge is 0.293 e. The second-order valence-corrected chi connectivity index (χ2v) is 5.55. The minimum atomic E-state index is 0.0511. The van der Waals surface area contributed by atoms with Gasteiger partial charge in [0.1, 0.15) is 11.1 Å². The Labute approximate surface area is 114 Å². The lowest BCUT2D eigenvalue weighted by Gasteiger charge is -1.99. The number of aromatic nitrogens is 1. The molecule has 0 fully saturated rings. The van der Waals surface area contributed by atoms with Crippen LogP contribution in [0.25, 0.3) is 0 Å². The van der Waals surface area contributed by atoms with Gasteiger partial charge in [0.15, 0.2) is 5.78 Å². The maximum absolute atomic E-state index is 11.9. The maximum atomic E-state index is 11.9. The van der Waals surface area contributed by atoms with E-state index in [9.17, 15) is 4.79 Å². The van der Waals surface area contributed by atoms with E-state index in [4.69, 9.17) is 5.26 Å². The van der Waals surface area contributed by atoms with Crippen molar-refractivity contribution in [3.63, 3.8) is 0 Å². The van der Waals surface area contributed by atoms with E-state index in [1.165, 1.54) is 23.3 Å². The number of nitriles is 1. The lowest BCUT2D eigenvalue weighted by molar-refractivity contribution is 0.102. The Morgan fingerprint density at radius 3 is 2.83 bits per heavy atom. The van der Waals surface area contributed by atoms with Crippen molar-refractivity contribution >= 4 is 29.1 Å². The van der Waals surface area contributed by atoms with E-state index in [1.807, 2.05) is 25.1 Å².